The molecule has 0 radical (unpaired) electrons. The number of anilines is 1. The van der Waals surface area contributed by atoms with Gasteiger partial charge in [0.25, 0.3) is 0 Å². The molecule has 1 aromatic heterocycles. The van der Waals surface area contributed by atoms with Crippen LogP contribution in [0.4, 0.5) is 10.6 Å². The molecule has 0 aliphatic heterocycles. The maximum atomic E-state index is 11.6. The van der Waals surface area contributed by atoms with Crippen LogP contribution in [0.25, 0.3) is 10.9 Å². The van der Waals surface area contributed by atoms with Crippen molar-refractivity contribution in [1.29, 1.82) is 0 Å². The predicted molar refractivity (Wildman–Crippen MR) is 73.8 cm³/mol. The van der Waals surface area contributed by atoms with E-state index in [1.165, 1.54) is 5.56 Å². The number of nitrogens with one attached hydrogen (secondary N) is 2. The Morgan fingerprint density at radius 3 is 2.72 bits per heavy atom. The number of aryl methyl sites for hydroxylation is 1. The number of fused-ring (bicyclic) bond motifs is 1. The molecule has 0 saturated carbocycles. The molecule has 2 N–H and O–H groups in total. The molecule has 18 heavy (non-hydrogen) atoms. The summed E-state index contributed by atoms with van der Waals surface area (Å²) in [7, 11) is 0. The van der Waals surface area contributed by atoms with E-state index in [0.717, 1.165) is 10.9 Å². The number of amides is 2. The average Bonchev–Trinajstić information content (AvgIpc) is 2.28. The second kappa shape index (κ2) is 5.04. The third kappa shape index (κ3) is 2.97. The summed E-state index contributed by atoms with van der Waals surface area (Å²) in [5.74, 6) is 0.560. The Balaban J connectivity index is 2.20. The Morgan fingerprint density at radius 1 is 1.22 bits per heavy atom. The first-order valence-electron chi connectivity index (χ1n) is 5.99. The standard InChI is InChI=1S/C14H17N3O/c1-9(2)15-14(18)17-13-7-5-11-8-10(3)4-6-12(11)16-13/h4-9H,1-3H3,(H2,15,16,17,18). The van der Waals surface area contributed by atoms with Crippen LogP contribution in [0.5, 0.6) is 0 Å². The molecule has 4 heteroatoms. The minimum atomic E-state index is -0.232. The van der Waals surface area contributed by atoms with Gasteiger partial charge in [-0.1, -0.05) is 11.6 Å². The van der Waals surface area contributed by atoms with Crippen molar-refractivity contribution in [2.24, 2.45) is 0 Å². The molecule has 0 spiro atoms. The smallest absolute Gasteiger partial charge is 0.320 e. The van der Waals surface area contributed by atoms with Crippen molar-refractivity contribution in [3.8, 4) is 0 Å². The summed E-state index contributed by atoms with van der Waals surface area (Å²) in [5.41, 5.74) is 2.07. The Hall–Kier alpha value is -2.10. The molecule has 1 aromatic carbocycles. The summed E-state index contributed by atoms with van der Waals surface area (Å²) in [6.07, 6.45) is 0. The van der Waals surface area contributed by atoms with E-state index in [4.69, 9.17) is 0 Å². The fourth-order valence-corrected chi connectivity index (χ4v) is 1.73. The van der Waals surface area contributed by atoms with Crippen molar-refractivity contribution in [2.45, 2.75) is 26.8 Å². The van der Waals surface area contributed by atoms with Crippen molar-refractivity contribution >= 4 is 22.8 Å². The molecule has 2 rings (SSSR count). The third-order valence-corrected chi connectivity index (χ3v) is 2.51. The molecule has 0 bridgehead atoms. The van der Waals surface area contributed by atoms with E-state index < -0.39 is 0 Å². The topological polar surface area (TPSA) is 54.0 Å². The third-order valence-electron chi connectivity index (χ3n) is 2.51. The highest BCUT2D eigenvalue weighted by molar-refractivity contribution is 5.90. The molecule has 0 unspecified atom stereocenters. The normalized spacial score (nSPS) is 10.7. The lowest BCUT2D eigenvalue weighted by molar-refractivity contribution is 0.250. The second-order valence-corrected chi connectivity index (χ2v) is 4.65. The number of urea groups is 1. The van der Waals surface area contributed by atoms with Gasteiger partial charge in [0.1, 0.15) is 5.82 Å². The monoisotopic (exact) mass is 243 g/mol. The maximum absolute atomic E-state index is 11.6. The van der Waals surface area contributed by atoms with Crippen molar-refractivity contribution < 1.29 is 4.79 Å². The van der Waals surface area contributed by atoms with E-state index in [9.17, 15) is 4.79 Å². The van der Waals surface area contributed by atoms with E-state index in [-0.39, 0.29) is 12.1 Å². The van der Waals surface area contributed by atoms with Gasteiger partial charge in [0.15, 0.2) is 0 Å². The summed E-state index contributed by atoms with van der Waals surface area (Å²) in [6.45, 7) is 5.87. The van der Waals surface area contributed by atoms with Crippen LogP contribution < -0.4 is 10.6 Å². The molecular formula is C14H17N3O. The number of hydrogen-bond acceptors (Lipinski definition) is 2. The van der Waals surface area contributed by atoms with E-state index in [1.54, 1.807) is 0 Å². The molecule has 2 amide bonds. The van der Waals surface area contributed by atoms with Crippen molar-refractivity contribution in [2.75, 3.05) is 5.32 Å². The summed E-state index contributed by atoms with van der Waals surface area (Å²) in [4.78, 5) is 15.9. The molecule has 1 heterocycles. The predicted octanol–water partition coefficient (Wildman–Crippen LogP) is 3.07. The van der Waals surface area contributed by atoms with Gasteiger partial charge in [-0.05, 0) is 45.0 Å². The zero-order valence-corrected chi connectivity index (χ0v) is 10.8. The lowest BCUT2D eigenvalue weighted by Crippen LogP contribution is -2.34. The van der Waals surface area contributed by atoms with Gasteiger partial charge in [-0.15, -0.1) is 0 Å². The maximum Gasteiger partial charge on any atom is 0.320 e. The number of hydrogen-bond donors (Lipinski definition) is 2. The molecule has 0 fully saturated rings. The van der Waals surface area contributed by atoms with Crippen LogP contribution in [0.2, 0.25) is 0 Å². The van der Waals surface area contributed by atoms with Crippen molar-refractivity contribution in [1.82, 2.24) is 10.3 Å². The molecule has 4 nitrogen and oxygen atoms in total. The van der Waals surface area contributed by atoms with Crippen LogP contribution in [-0.4, -0.2) is 17.1 Å². The number of pyridine rings is 1. The minimum Gasteiger partial charge on any atom is -0.336 e. The van der Waals surface area contributed by atoms with E-state index in [0.29, 0.717) is 5.82 Å². The Bertz CT molecular complexity index is 578. The van der Waals surface area contributed by atoms with E-state index in [1.807, 2.05) is 45.0 Å². The lowest BCUT2D eigenvalue weighted by atomic mass is 10.1. The largest absolute Gasteiger partial charge is 0.336 e. The molecule has 0 aliphatic carbocycles. The second-order valence-electron chi connectivity index (χ2n) is 4.65. The molecule has 94 valence electrons. The molecule has 0 aliphatic rings. The van der Waals surface area contributed by atoms with Crippen LogP contribution >= 0.6 is 0 Å². The Labute approximate surface area is 106 Å². The fourth-order valence-electron chi connectivity index (χ4n) is 1.73. The first-order valence-corrected chi connectivity index (χ1v) is 5.99. The number of carbonyl (C=O) groups is 1. The van der Waals surface area contributed by atoms with Crippen molar-refractivity contribution in [3.05, 3.63) is 35.9 Å². The van der Waals surface area contributed by atoms with Crippen LogP contribution in [0.15, 0.2) is 30.3 Å². The van der Waals surface area contributed by atoms with Gasteiger partial charge < -0.3 is 5.32 Å². The summed E-state index contributed by atoms with van der Waals surface area (Å²) in [6, 6.07) is 9.67. The number of aromatic nitrogens is 1. The van der Waals surface area contributed by atoms with Crippen LogP contribution in [0, 0.1) is 6.92 Å². The Morgan fingerprint density at radius 2 is 2.00 bits per heavy atom. The molecular weight excluding hydrogens is 226 g/mol. The molecule has 0 atom stereocenters. The number of benzene rings is 1. The van der Waals surface area contributed by atoms with Crippen LogP contribution in [0.1, 0.15) is 19.4 Å². The summed E-state index contributed by atoms with van der Waals surface area (Å²) in [5, 5.41) is 6.55. The van der Waals surface area contributed by atoms with Crippen LogP contribution in [0.3, 0.4) is 0 Å². The zero-order valence-electron chi connectivity index (χ0n) is 10.8. The highest BCUT2D eigenvalue weighted by atomic mass is 16.2. The Kier molecular flexibility index (Phi) is 3.46. The highest BCUT2D eigenvalue weighted by Crippen LogP contribution is 2.16. The van der Waals surface area contributed by atoms with Gasteiger partial charge in [0.05, 0.1) is 5.52 Å². The van der Waals surface area contributed by atoms with Gasteiger partial charge >= 0.3 is 6.03 Å². The summed E-state index contributed by atoms with van der Waals surface area (Å²) < 4.78 is 0. The summed E-state index contributed by atoms with van der Waals surface area (Å²) >= 11 is 0. The van der Waals surface area contributed by atoms with Crippen molar-refractivity contribution in [3.63, 3.8) is 0 Å². The number of nitrogens with zero attached hydrogens (tertiary/aromatic N) is 1. The van der Waals surface area contributed by atoms with Gasteiger partial charge in [-0.25, -0.2) is 9.78 Å². The molecule has 0 saturated heterocycles. The van der Waals surface area contributed by atoms with Gasteiger partial charge in [0.2, 0.25) is 0 Å². The van der Waals surface area contributed by atoms with Gasteiger partial charge in [-0.3, -0.25) is 5.32 Å². The first kappa shape index (κ1) is 12.4. The number of rotatable bonds is 2. The highest BCUT2D eigenvalue weighted by Gasteiger charge is 2.04. The quantitative estimate of drug-likeness (QED) is 0.851. The lowest BCUT2D eigenvalue weighted by Gasteiger charge is -2.10. The molecule has 2 aromatic rings. The van der Waals surface area contributed by atoms with E-state index in [2.05, 4.69) is 21.7 Å². The fraction of sp³-hybridized carbons (Fsp3) is 0.286. The first-order chi connectivity index (χ1) is 8.54. The van der Waals surface area contributed by atoms with E-state index >= 15 is 0 Å². The zero-order chi connectivity index (χ0) is 13.1. The average molecular weight is 243 g/mol. The van der Waals surface area contributed by atoms with Gasteiger partial charge in [0, 0.05) is 11.4 Å². The SMILES string of the molecule is Cc1ccc2nc(NC(=O)NC(C)C)ccc2c1. The van der Waals surface area contributed by atoms with Crippen LogP contribution in [-0.2, 0) is 0 Å². The minimum absolute atomic E-state index is 0.105. The number of carbonyl (C=O) groups excluding carboxylic acids is 1. The van der Waals surface area contributed by atoms with Gasteiger partial charge in [-0.2, -0.15) is 0 Å².